The number of aliphatic hydroxyl groups excluding tert-OH is 1. The summed E-state index contributed by atoms with van der Waals surface area (Å²) in [6.45, 7) is 0.269. The van der Waals surface area contributed by atoms with Crippen molar-refractivity contribution in [2.24, 2.45) is 0 Å². The number of nitrogens with one attached hydrogen (secondary N) is 1. The predicted molar refractivity (Wildman–Crippen MR) is 66.3 cm³/mol. The van der Waals surface area contributed by atoms with E-state index in [1.807, 2.05) is 0 Å². The van der Waals surface area contributed by atoms with E-state index < -0.39 is 12.1 Å². The van der Waals surface area contributed by atoms with Crippen molar-refractivity contribution in [2.45, 2.75) is 6.10 Å². The molecule has 0 saturated carbocycles. The SMILES string of the molecule is O=C(O)c1cccc(NCC(O)CCl)c1Br. The highest BCUT2D eigenvalue weighted by molar-refractivity contribution is 9.10. The molecule has 1 rings (SSSR count). The molecule has 0 heterocycles. The number of aliphatic hydroxyl groups is 1. The van der Waals surface area contributed by atoms with E-state index in [-0.39, 0.29) is 18.0 Å². The van der Waals surface area contributed by atoms with E-state index in [1.54, 1.807) is 12.1 Å². The second-order valence-corrected chi connectivity index (χ2v) is 4.26. The first-order valence-corrected chi connectivity index (χ1v) is 5.88. The standard InChI is InChI=1S/C10H11BrClNO3/c11-9-7(10(15)16)2-1-3-8(9)13-5-6(14)4-12/h1-3,6,13-14H,4-5H2,(H,15,16). The lowest BCUT2D eigenvalue weighted by molar-refractivity contribution is 0.0696. The third kappa shape index (κ3) is 3.37. The fourth-order valence-electron chi connectivity index (χ4n) is 1.12. The molecule has 0 aliphatic heterocycles. The van der Waals surface area contributed by atoms with Crippen LogP contribution in [0.5, 0.6) is 0 Å². The van der Waals surface area contributed by atoms with Crippen molar-refractivity contribution in [3.8, 4) is 0 Å². The minimum atomic E-state index is -1.01. The number of benzene rings is 1. The van der Waals surface area contributed by atoms with E-state index in [2.05, 4.69) is 21.2 Å². The van der Waals surface area contributed by atoms with Gasteiger partial charge < -0.3 is 15.5 Å². The molecule has 0 saturated heterocycles. The van der Waals surface area contributed by atoms with Gasteiger partial charge in [0.2, 0.25) is 0 Å². The van der Waals surface area contributed by atoms with Crippen molar-refractivity contribution in [3.05, 3.63) is 28.2 Å². The van der Waals surface area contributed by atoms with E-state index in [0.29, 0.717) is 10.2 Å². The van der Waals surface area contributed by atoms with Gasteiger partial charge in [0.05, 0.1) is 22.0 Å². The zero-order chi connectivity index (χ0) is 12.1. The van der Waals surface area contributed by atoms with E-state index in [4.69, 9.17) is 16.7 Å². The van der Waals surface area contributed by atoms with Gasteiger partial charge in [-0.1, -0.05) is 6.07 Å². The second kappa shape index (κ2) is 6.08. The normalized spacial score (nSPS) is 12.2. The Morgan fingerprint density at radius 2 is 2.25 bits per heavy atom. The van der Waals surface area contributed by atoms with E-state index in [9.17, 15) is 9.90 Å². The largest absolute Gasteiger partial charge is 0.478 e. The first-order chi connectivity index (χ1) is 7.56. The number of hydrogen-bond acceptors (Lipinski definition) is 3. The Balaban J connectivity index is 2.81. The van der Waals surface area contributed by atoms with Gasteiger partial charge in [0.25, 0.3) is 0 Å². The number of carboxylic acids is 1. The molecule has 1 unspecified atom stereocenters. The number of anilines is 1. The number of carboxylic acid groups (broad SMARTS) is 1. The zero-order valence-corrected chi connectivity index (χ0v) is 10.6. The average Bonchev–Trinajstić information content (AvgIpc) is 2.26. The maximum Gasteiger partial charge on any atom is 0.336 e. The Labute approximate surface area is 106 Å². The summed E-state index contributed by atoms with van der Waals surface area (Å²) in [7, 11) is 0. The smallest absolute Gasteiger partial charge is 0.336 e. The van der Waals surface area contributed by atoms with Crippen molar-refractivity contribution < 1.29 is 15.0 Å². The van der Waals surface area contributed by atoms with E-state index in [0.717, 1.165) is 0 Å². The molecular weight excluding hydrogens is 297 g/mol. The monoisotopic (exact) mass is 307 g/mol. The van der Waals surface area contributed by atoms with E-state index in [1.165, 1.54) is 6.07 Å². The van der Waals surface area contributed by atoms with Gasteiger partial charge in [0, 0.05) is 12.2 Å². The van der Waals surface area contributed by atoms with Crippen LogP contribution in [-0.4, -0.2) is 34.7 Å². The highest BCUT2D eigenvalue weighted by atomic mass is 79.9. The molecule has 0 fully saturated rings. The van der Waals surface area contributed by atoms with Crippen molar-refractivity contribution in [1.82, 2.24) is 0 Å². The highest BCUT2D eigenvalue weighted by Crippen LogP contribution is 2.26. The molecule has 3 N–H and O–H groups in total. The molecule has 0 aromatic heterocycles. The molecule has 6 heteroatoms. The summed E-state index contributed by atoms with van der Waals surface area (Å²) in [5, 5.41) is 21.1. The van der Waals surface area contributed by atoms with Gasteiger partial charge in [-0.2, -0.15) is 0 Å². The fraction of sp³-hybridized carbons (Fsp3) is 0.300. The van der Waals surface area contributed by atoms with Gasteiger partial charge in [0.15, 0.2) is 0 Å². The molecule has 88 valence electrons. The van der Waals surface area contributed by atoms with Crippen LogP contribution in [0.15, 0.2) is 22.7 Å². The lowest BCUT2D eigenvalue weighted by Crippen LogP contribution is -2.21. The van der Waals surface area contributed by atoms with Crippen LogP contribution in [0.25, 0.3) is 0 Å². The molecule has 4 nitrogen and oxygen atoms in total. The molecule has 0 radical (unpaired) electrons. The molecule has 1 aromatic carbocycles. The van der Waals surface area contributed by atoms with Gasteiger partial charge in [0.1, 0.15) is 0 Å². The minimum Gasteiger partial charge on any atom is -0.478 e. The predicted octanol–water partition coefficient (Wildman–Crippen LogP) is 2.16. The fourth-order valence-corrected chi connectivity index (χ4v) is 1.80. The molecule has 16 heavy (non-hydrogen) atoms. The van der Waals surface area contributed by atoms with Crippen molar-refractivity contribution >= 4 is 39.2 Å². The number of carbonyl (C=O) groups is 1. The summed E-state index contributed by atoms with van der Waals surface area (Å²) in [5.74, 6) is -0.878. The molecule has 0 aliphatic carbocycles. The first-order valence-electron chi connectivity index (χ1n) is 4.56. The lowest BCUT2D eigenvalue weighted by atomic mass is 10.2. The Kier molecular flexibility index (Phi) is 5.05. The van der Waals surface area contributed by atoms with Crippen molar-refractivity contribution in [3.63, 3.8) is 0 Å². The van der Waals surface area contributed by atoms with Crippen LogP contribution in [0.4, 0.5) is 5.69 Å². The number of aromatic carboxylic acids is 1. The van der Waals surface area contributed by atoms with Crippen LogP contribution in [-0.2, 0) is 0 Å². The summed E-state index contributed by atoms with van der Waals surface area (Å²) >= 11 is 8.64. The van der Waals surface area contributed by atoms with Crippen LogP contribution in [0, 0.1) is 0 Å². The molecule has 1 aromatic rings. The Morgan fingerprint density at radius 1 is 1.56 bits per heavy atom. The lowest BCUT2D eigenvalue weighted by Gasteiger charge is -2.12. The maximum atomic E-state index is 10.8. The number of hydrogen-bond donors (Lipinski definition) is 3. The van der Waals surface area contributed by atoms with Crippen molar-refractivity contribution in [2.75, 3.05) is 17.7 Å². The Hall–Kier alpha value is -0.780. The van der Waals surface area contributed by atoms with Crippen LogP contribution < -0.4 is 5.32 Å². The number of rotatable bonds is 5. The van der Waals surface area contributed by atoms with Gasteiger partial charge in [-0.05, 0) is 28.1 Å². The summed E-state index contributed by atoms with van der Waals surface area (Å²) in [5.41, 5.74) is 0.787. The Bertz CT molecular complexity index is 386. The van der Waals surface area contributed by atoms with Gasteiger partial charge in [-0.3, -0.25) is 0 Å². The summed E-state index contributed by atoms with van der Waals surface area (Å²) in [6.07, 6.45) is -0.665. The molecule has 0 spiro atoms. The summed E-state index contributed by atoms with van der Waals surface area (Å²) in [4.78, 5) is 10.8. The van der Waals surface area contributed by atoms with Gasteiger partial charge >= 0.3 is 5.97 Å². The van der Waals surface area contributed by atoms with Crippen molar-refractivity contribution in [1.29, 1.82) is 0 Å². The summed E-state index contributed by atoms with van der Waals surface area (Å²) in [6, 6.07) is 4.84. The third-order valence-electron chi connectivity index (χ3n) is 1.94. The van der Waals surface area contributed by atoms with Gasteiger partial charge in [-0.25, -0.2) is 4.79 Å². The molecule has 0 aliphatic rings. The number of alkyl halides is 1. The molecular formula is C10H11BrClNO3. The molecule has 0 bridgehead atoms. The highest BCUT2D eigenvalue weighted by Gasteiger charge is 2.11. The first kappa shape index (κ1) is 13.3. The summed E-state index contributed by atoms with van der Waals surface area (Å²) < 4.78 is 0.462. The Morgan fingerprint density at radius 3 is 2.81 bits per heavy atom. The minimum absolute atomic E-state index is 0.128. The number of halogens is 2. The van der Waals surface area contributed by atoms with Crippen LogP contribution in [0.2, 0.25) is 0 Å². The molecule has 0 amide bonds. The van der Waals surface area contributed by atoms with Crippen LogP contribution in [0.3, 0.4) is 0 Å². The maximum absolute atomic E-state index is 10.8. The quantitative estimate of drug-likeness (QED) is 0.729. The average molecular weight is 309 g/mol. The van der Waals surface area contributed by atoms with Crippen LogP contribution >= 0.6 is 27.5 Å². The zero-order valence-electron chi connectivity index (χ0n) is 8.28. The van der Waals surface area contributed by atoms with Crippen LogP contribution in [0.1, 0.15) is 10.4 Å². The van der Waals surface area contributed by atoms with Gasteiger partial charge in [-0.15, -0.1) is 11.6 Å². The topological polar surface area (TPSA) is 69.6 Å². The van der Waals surface area contributed by atoms with E-state index >= 15 is 0 Å². The molecule has 1 atom stereocenters. The second-order valence-electron chi connectivity index (χ2n) is 3.16. The third-order valence-corrected chi connectivity index (χ3v) is 3.15.